The molecule has 2 aromatic rings. The number of benzene rings is 1. The van der Waals surface area contributed by atoms with E-state index in [2.05, 4.69) is 22.5 Å². The van der Waals surface area contributed by atoms with Crippen LogP contribution in [0.15, 0.2) is 18.5 Å². The van der Waals surface area contributed by atoms with Crippen LogP contribution >= 0.6 is 23.8 Å². The molecule has 0 saturated carbocycles. The Morgan fingerprint density at radius 3 is 2.73 bits per heavy atom. The molecular formula is C14H19ClN4O2S. The van der Waals surface area contributed by atoms with Crippen LogP contribution in [0.5, 0.6) is 11.5 Å². The summed E-state index contributed by atoms with van der Waals surface area (Å²) in [5.74, 6) is 1.35. The maximum Gasteiger partial charge on any atom is 0.214 e. The Morgan fingerprint density at radius 2 is 2.09 bits per heavy atom. The first-order valence-corrected chi connectivity index (χ1v) is 7.88. The van der Waals surface area contributed by atoms with Crippen LogP contribution in [0.4, 0.5) is 0 Å². The molecule has 0 aliphatic carbocycles. The van der Waals surface area contributed by atoms with Crippen LogP contribution in [0, 0.1) is 4.77 Å². The van der Waals surface area contributed by atoms with Gasteiger partial charge in [0.05, 0.1) is 19.8 Å². The fourth-order valence-corrected chi connectivity index (χ4v) is 2.22. The zero-order valence-corrected chi connectivity index (χ0v) is 14.1. The largest absolute Gasteiger partial charge is 0.490 e. The van der Waals surface area contributed by atoms with E-state index in [0.717, 1.165) is 12.0 Å². The third kappa shape index (κ3) is 4.14. The fraction of sp³-hybridized carbons (Fsp3) is 0.429. The van der Waals surface area contributed by atoms with Crippen molar-refractivity contribution in [2.24, 2.45) is 0 Å². The van der Waals surface area contributed by atoms with E-state index in [4.69, 9.17) is 33.3 Å². The van der Waals surface area contributed by atoms with Gasteiger partial charge in [-0.25, -0.2) is 4.68 Å². The van der Waals surface area contributed by atoms with Crippen LogP contribution in [-0.4, -0.2) is 28.1 Å². The Kier molecular flexibility index (Phi) is 6.09. The van der Waals surface area contributed by atoms with Gasteiger partial charge in [0.25, 0.3) is 0 Å². The number of hydrogen-bond acceptors (Lipinski definition) is 5. The molecule has 8 heteroatoms. The molecule has 120 valence electrons. The molecule has 22 heavy (non-hydrogen) atoms. The lowest BCUT2D eigenvalue weighted by Crippen LogP contribution is -2.14. The van der Waals surface area contributed by atoms with Crippen LogP contribution in [-0.2, 0) is 6.54 Å². The van der Waals surface area contributed by atoms with Gasteiger partial charge in [-0.15, -0.1) is 0 Å². The van der Waals surface area contributed by atoms with Crippen molar-refractivity contribution < 1.29 is 9.47 Å². The Bertz CT molecular complexity index is 671. The van der Waals surface area contributed by atoms with Crippen LogP contribution < -0.4 is 14.9 Å². The first-order valence-electron chi connectivity index (χ1n) is 7.09. The Balaban J connectivity index is 2.18. The average molecular weight is 343 g/mol. The molecule has 0 spiro atoms. The molecule has 0 amide bonds. The molecular weight excluding hydrogens is 324 g/mol. The van der Waals surface area contributed by atoms with Crippen molar-refractivity contribution in [3.05, 3.63) is 33.8 Å². The fourth-order valence-electron chi connectivity index (χ4n) is 1.84. The highest BCUT2D eigenvalue weighted by molar-refractivity contribution is 7.71. The second-order valence-corrected chi connectivity index (χ2v) is 5.33. The highest BCUT2D eigenvalue weighted by atomic mass is 35.5. The summed E-state index contributed by atoms with van der Waals surface area (Å²) >= 11 is 11.4. The molecule has 0 unspecified atom stereocenters. The molecule has 2 rings (SSSR count). The predicted molar refractivity (Wildman–Crippen MR) is 88.9 cm³/mol. The van der Waals surface area contributed by atoms with Gasteiger partial charge < -0.3 is 14.9 Å². The lowest BCUT2D eigenvalue weighted by atomic mass is 10.2. The molecule has 6 nitrogen and oxygen atoms in total. The Hall–Kier alpha value is -1.73. The van der Waals surface area contributed by atoms with E-state index < -0.39 is 0 Å². The summed E-state index contributed by atoms with van der Waals surface area (Å²) in [5, 5.41) is 7.12. The SMILES string of the molecule is CCCOc1cc(Cl)c(CNn2cn[nH]c2=S)cc1OCC. The summed E-state index contributed by atoms with van der Waals surface area (Å²) < 4.78 is 13.4. The van der Waals surface area contributed by atoms with E-state index in [0.29, 0.717) is 41.1 Å². The van der Waals surface area contributed by atoms with E-state index in [1.807, 2.05) is 13.0 Å². The van der Waals surface area contributed by atoms with Gasteiger partial charge in [0.15, 0.2) is 11.5 Å². The van der Waals surface area contributed by atoms with Gasteiger partial charge in [0.1, 0.15) is 6.33 Å². The smallest absolute Gasteiger partial charge is 0.214 e. The van der Waals surface area contributed by atoms with E-state index in [1.54, 1.807) is 17.1 Å². The van der Waals surface area contributed by atoms with Crippen molar-refractivity contribution >= 4 is 23.8 Å². The van der Waals surface area contributed by atoms with Gasteiger partial charge in [-0.1, -0.05) is 18.5 Å². The minimum absolute atomic E-state index is 0.487. The third-order valence-corrected chi connectivity index (χ3v) is 3.51. The maximum atomic E-state index is 6.33. The van der Waals surface area contributed by atoms with E-state index >= 15 is 0 Å². The minimum Gasteiger partial charge on any atom is -0.490 e. The van der Waals surface area contributed by atoms with E-state index in [9.17, 15) is 0 Å². The molecule has 0 aliphatic heterocycles. The molecule has 0 aliphatic rings. The molecule has 0 bridgehead atoms. The number of halogens is 1. The monoisotopic (exact) mass is 342 g/mol. The molecule has 0 saturated heterocycles. The maximum absolute atomic E-state index is 6.33. The predicted octanol–water partition coefficient (Wildman–Crippen LogP) is 3.53. The molecule has 0 fully saturated rings. The molecule has 0 radical (unpaired) electrons. The van der Waals surface area contributed by atoms with Crippen molar-refractivity contribution in [2.45, 2.75) is 26.8 Å². The second-order valence-electron chi connectivity index (χ2n) is 4.54. The third-order valence-electron chi connectivity index (χ3n) is 2.87. The minimum atomic E-state index is 0.487. The summed E-state index contributed by atoms with van der Waals surface area (Å²) in [7, 11) is 0. The number of nitrogens with one attached hydrogen (secondary N) is 2. The normalized spacial score (nSPS) is 10.5. The van der Waals surface area contributed by atoms with Crippen LogP contribution in [0.25, 0.3) is 0 Å². The molecule has 2 N–H and O–H groups in total. The van der Waals surface area contributed by atoms with Gasteiger partial charge in [-0.05, 0) is 37.2 Å². The average Bonchev–Trinajstić information content (AvgIpc) is 2.91. The number of nitrogens with zero attached hydrogens (tertiary/aromatic N) is 2. The van der Waals surface area contributed by atoms with Crippen LogP contribution in [0.2, 0.25) is 5.02 Å². The quantitative estimate of drug-likeness (QED) is 0.718. The number of aromatic amines is 1. The van der Waals surface area contributed by atoms with Gasteiger partial charge >= 0.3 is 0 Å². The molecule has 1 heterocycles. The number of hydrogen-bond donors (Lipinski definition) is 2. The number of rotatable bonds is 8. The Labute approximate surface area is 139 Å². The number of H-pyrrole nitrogens is 1. The summed E-state index contributed by atoms with van der Waals surface area (Å²) in [5.41, 5.74) is 4.01. The molecule has 1 aromatic carbocycles. The van der Waals surface area contributed by atoms with Crippen molar-refractivity contribution in [3.63, 3.8) is 0 Å². The zero-order valence-electron chi connectivity index (χ0n) is 12.6. The van der Waals surface area contributed by atoms with Gasteiger partial charge in [0.2, 0.25) is 4.77 Å². The standard InChI is InChI=1S/C14H19ClN4O2S/c1-3-5-21-13-7-11(15)10(6-12(13)20-4-2)8-17-19-9-16-18-14(19)22/h6-7,9,17H,3-5,8H2,1-2H3,(H,18,22). The highest BCUT2D eigenvalue weighted by Crippen LogP contribution is 2.33. The van der Waals surface area contributed by atoms with Crippen molar-refractivity contribution in [1.29, 1.82) is 0 Å². The summed E-state index contributed by atoms with van der Waals surface area (Å²) in [6.45, 7) is 5.65. The molecule has 0 atom stereocenters. The van der Waals surface area contributed by atoms with Gasteiger partial charge in [0, 0.05) is 11.1 Å². The lowest BCUT2D eigenvalue weighted by molar-refractivity contribution is 0.276. The summed E-state index contributed by atoms with van der Waals surface area (Å²) in [6, 6.07) is 3.67. The van der Waals surface area contributed by atoms with E-state index in [-0.39, 0.29) is 0 Å². The van der Waals surface area contributed by atoms with Crippen molar-refractivity contribution in [3.8, 4) is 11.5 Å². The van der Waals surface area contributed by atoms with Gasteiger partial charge in [-0.3, -0.25) is 5.10 Å². The zero-order chi connectivity index (χ0) is 15.9. The Morgan fingerprint density at radius 1 is 1.32 bits per heavy atom. The second kappa shape index (κ2) is 8.05. The first kappa shape index (κ1) is 16.6. The topological polar surface area (TPSA) is 64.1 Å². The molecule has 1 aromatic heterocycles. The van der Waals surface area contributed by atoms with E-state index in [1.165, 1.54) is 0 Å². The van der Waals surface area contributed by atoms with Gasteiger partial charge in [-0.2, -0.15) is 5.10 Å². The highest BCUT2D eigenvalue weighted by Gasteiger charge is 2.11. The van der Waals surface area contributed by atoms with Crippen molar-refractivity contribution in [2.75, 3.05) is 18.6 Å². The van der Waals surface area contributed by atoms with Crippen LogP contribution in [0.3, 0.4) is 0 Å². The summed E-state index contributed by atoms with van der Waals surface area (Å²) in [6.07, 6.45) is 2.49. The lowest BCUT2D eigenvalue weighted by Gasteiger charge is -2.15. The van der Waals surface area contributed by atoms with Crippen molar-refractivity contribution in [1.82, 2.24) is 14.9 Å². The number of ether oxygens (including phenoxy) is 2. The first-order chi connectivity index (χ1) is 10.7. The summed E-state index contributed by atoms with van der Waals surface area (Å²) in [4.78, 5) is 0. The van der Waals surface area contributed by atoms with Crippen LogP contribution in [0.1, 0.15) is 25.8 Å². The number of aromatic nitrogens is 3.